The molecule has 0 saturated carbocycles. The number of rotatable bonds is 6. The Labute approximate surface area is 206 Å². The molecular weight excluding hydrogens is 489 g/mol. The fraction of sp³-hybridized carbons (Fsp3) is 0.348. The van der Waals surface area contributed by atoms with E-state index in [2.05, 4.69) is 4.99 Å². The maximum absolute atomic E-state index is 12.9. The van der Waals surface area contributed by atoms with Crippen molar-refractivity contribution >= 4 is 69.2 Å². The third kappa shape index (κ3) is 6.35. The fourth-order valence-electron chi connectivity index (χ4n) is 3.46. The highest BCUT2D eigenvalue weighted by atomic mass is 35.5. The molecule has 1 saturated heterocycles. The van der Waals surface area contributed by atoms with Crippen LogP contribution in [0.5, 0.6) is 0 Å². The van der Waals surface area contributed by atoms with Crippen molar-refractivity contribution in [1.29, 1.82) is 0 Å². The third-order valence-corrected chi connectivity index (χ3v) is 7.05. The van der Waals surface area contributed by atoms with Gasteiger partial charge in [-0.1, -0.05) is 47.6 Å². The number of hydrogen-bond acceptors (Lipinski definition) is 5. The summed E-state index contributed by atoms with van der Waals surface area (Å²) in [7, 11) is 0. The highest BCUT2D eigenvalue weighted by Crippen LogP contribution is 2.32. The number of allylic oxidation sites excluding steroid dienone is 2. The smallest absolute Gasteiger partial charge is 0.230 e. The summed E-state index contributed by atoms with van der Waals surface area (Å²) in [6.45, 7) is 3.08. The van der Waals surface area contributed by atoms with Crippen LogP contribution >= 0.6 is 46.1 Å². The first-order chi connectivity index (χ1) is 15.3. The number of benzene rings is 1. The van der Waals surface area contributed by atoms with Crippen LogP contribution in [0.25, 0.3) is 0 Å². The van der Waals surface area contributed by atoms with Crippen LogP contribution in [-0.4, -0.2) is 35.4 Å². The maximum Gasteiger partial charge on any atom is 0.230 e. The third-order valence-electron chi connectivity index (χ3n) is 5.28. The lowest BCUT2D eigenvalue weighted by Crippen LogP contribution is -2.34. The number of nitrogens with two attached hydrogens (primary N) is 1. The summed E-state index contributed by atoms with van der Waals surface area (Å²) < 4.78 is 0.573. The quantitative estimate of drug-likeness (QED) is 0.275. The molecule has 3 rings (SSSR count). The summed E-state index contributed by atoms with van der Waals surface area (Å²) in [5, 5.41) is 0.857. The number of thiophene rings is 1. The Morgan fingerprint density at radius 3 is 2.34 bits per heavy atom. The van der Waals surface area contributed by atoms with Crippen LogP contribution in [0.4, 0.5) is 5.69 Å². The lowest BCUT2D eigenvalue weighted by Gasteiger charge is -2.20. The summed E-state index contributed by atoms with van der Waals surface area (Å²) in [6, 6.07) is 8.51. The van der Waals surface area contributed by atoms with E-state index in [4.69, 9.17) is 40.5 Å². The van der Waals surface area contributed by atoms with Crippen molar-refractivity contribution < 1.29 is 9.59 Å². The van der Waals surface area contributed by atoms with Gasteiger partial charge in [0.15, 0.2) is 5.78 Å². The van der Waals surface area contributed by atoms with Crippen LogP contribution in [0.3, 0.4) is 0 Å². The molecule has 0 radical (unpaired) electrons. The monoisotopic (exact) mass is 511 g/mol. The van der Waals surface area contributed by atoms with E-state index < -0.39 is 5.78 Å². The van der Waals surface area contributed by atoms with Crippen LogP contribution in [0.15, 0.2) is 46.6 Å². The molecule has 1 amide bonds. The zero-order valence-corrected chi connectivity index (χ0v) is 20.8. The molecule has 1 aromatic heterocycles. The Kier molecular flexibility index (Phi) is 8.77. The number of Topliss-reactive ketones (excluding diaryl/α,β-unsaturated/α-hetero) is 1. The normalized spacial score (nSPS) is 15.9. The molecule has 0 atom stereocenters. The Morgan fingerprint density at radius 1 is 1.06 bits per heavy atom. The molecule has 2 N–H and O–H groups in total. The molecule has 170 valence electrons. The number of aliphatic imine (C=N–C) groups is 1. The molecular formula is C23H24Cl3N3O2S. The molecule has 1 aliphatic heterocycles. The van der Waals surface area contributed by atoms with Gasteiger partial charge in [0.25, 0.3) is 0 Å². The van der Waals surface area contributed by atoms with Gasteiger partial charge in [-0.2, -0.15) is 0 Å². The summed E-state index contributed by atoms with van der Waals surface area (Å²) in [4.78, 5) is 32.7. The van der Waals surface area contributed by atoms with Crippen molar-refractivity contribution in [2.75, 3.05) is 13.1 Å². The summed E-state index contributed by atoms with van der Waals surface area (Å²) in [5.74, 6) is -0.611. The van der Waals surface area contributed by atoms with Crippen molar-refractivity contribution in [2.24, 2.45) is 10.7 Å². The number of likely N-dealkylation sites (tertiary alicyclic amines) is 1. The molecule has 9 heteroatoms. The van der Waals surface area contributed by atoms with E-state index >= 15 is 0 Å². The molecule has 1 fully saturated rings. The molecule has 32 heavy (non-hydrogen) atoms. The molecule has 5 nitrogen and oxygen atoms in total. The van der Waals surface area contributed by atoms with E-state index in [1.165, 1.54) is 11.3 Å². The second kappa shape index (κ2) is 11.3. The predicted molar refractivity (Wildman–Crippen MR) is 134 cm³/mol. The van der Waals surface area contributed by atoms with E-state index in [1.54, 1.807) is 42.2 Å². The van der Waals surface area contributed by atoms with Crippen LogP contribution < -0.4 is 5.73 Å². The van der Waals surface area contributed by atoms with Crippen LogP contribution in [0.2, 0.25) is 14.4 Å². The SMILES string of the molecule is C/C(C(=Nc1ccc(Cl)cc1Cl)c1ccc(Cl)s1)=C(/N)C(=O)CC(=O)N1CCCCCC1. The highest BCUT2D eigenvalue weighted by molar-refractivity contribution is 7.18. The lowest BCUT2D eigenvalue weighted by atomic mass is 10.0. The molecule has 0 spiro atoms. The number of ketones is 1. The van der Waals surface area contributed by atoms with Gasteiger partial charge >= 0.3 is 0 Å². The molecule has 0 aliphatic carbocycles. The van der Waals surface area contributed by atoms with Gasteiger partial charge in [0.1, 0.15) is 0 Å². The first-order valence-corrected chi connectivity index (χ1v) is 12.3. The average Bonchev–Trinajstić information content (AvgIpc) is 3.00. The summed E-state index contributed by atoms with van der Waals surface area (Å²) in [6.07, 6.45) is 3.87. The first kappa shape index (κ1) is 24.8. The molecule has 1 aromatic carbocycles. The molecule has 1 aliphatic rings. The van der Waals surface area contributed by atoms with Crippen molar-refractivity contribution in [2.45, 2.75) is 39.0 Å². The van der Waals surface area contributed by atoms with Gasteiger partial charge in [-0.3, -0.25) is 9.59 Å². The van der Waals surface area contributed by atoms with E-state index in [0.717, 1.165) is 30.6 Å². The average molecular weight is 513 g/mol. The minimum absolute atomic E-state index is 0.00142. The van der Waals surface area contributed by atoms with E-state index in [1.807, 2.05) is 0 Å². The number of carbonyl (C=O) groups excluding carboxylic acids is 2. The number of hydrogen-bond donors (Lipinski definition) is 1. The topological polar surface area (TPSA) is 75.8 Å². The number of carbonyl (C=O) groups is 2. The number of nitrogens with zero attached hydrogens (tertiary/aromatic N) is 2. The Hall–Kier alpha value is -1.86. The predicted octanol–water partition coefficient (Wildman–Crippen LogP) is 6.42. The fourth-order valence-corrected chi connectivity index (χ4v) is 5.00. The van der Waals surface area contributed by atoms with E-state index in [9.17, 15) is 9.59 Å². The van der Waals surface area contributed by atoms with Crippen molar-refractivity contribution in [3.63, 3.8) is 0 Å². The van der Waals surface area contributed by atoms with Gasteiger partial charge in [-0.25, -0.2) is 4.99 Å². The molecule has 2 heterocycles. The Bertz CT molecular complexity index is 1070. The Morgan fingerprint density at radius 2 is 1.75 bits per heavy atom. The number of amides is 1. The number of halogens is 3. The Balaban J connectivity index is 1.91. The zero-order valence-electron chi connectivity index (χ0n) is 17.7. The second-order valence-corrected chi connectivity index (χ2v) is 10.2. The van der Waals surface area contributed by atoms with Gasteiger partial charge in [-0.15, -0.1) is 11.3 Å². The first-order valence-electron chi connectivity index (χ1n) is 10.3. The minimum Gasteiger partial charge on any atom is -0.396 e. The van der Waals surface area contributed by atoms with Gasteiger partial charge in [0.05, 0.1) is 37.8 Å². The minimum atomic E-state index is -0.422. The molecule has 0 unspecified atom stereocenters. The standard InChI is InChI=1S/C23H24Cl3N3O2S/c1-14(22(27)18(30)13-21(31)29-10-4-2-3-5-11-29)23(19-8-9-20(26)32-19)28-17-7-6-15(24)12-16(17)25/h6-9,12H,2-5,10-11,13,27H2,1H3/b22-14-,28-23?. The van der Waals surface area contributed by atoms with Gasteiger partial charge in [0, 0.05) is 23.7 Å². The molecule has 2 aromatic rings. The van der Waals surface area contributed by atoms with Gasteiger partial charge in [-0.05, 0) is 50.1 Å². The largest absolute Gasteiger partial charge is 0.396 e. The van der Waals surface area contributed by atoms with Crippen LogP contribution in [0, 0.1) is 0 Å². The van der Waals surface area contributed by atoms with Gasteiger partial charge in [0.2, 0.25) is 5.91 Å². The van der Waals surface area contributed by atoms with Crippen molar-refractivity contribution in [3.8, 4) is 0 Å². The second-order valence-electron chi connectivity index (χ2n) is 7.59. The van der Waals surface area contributed by atoms with Crippen molar-refractivity contribution in [1.82, 2.24) is 4.90 Å². The van der Waals surface area contributed by atoms with Crippen LogP contribution in [0.1, 0.15) is 43.9 Å². The summed E-state index contributed by atoms with van der Waals surface area (Å²) >= 11 is 19.7. The lowest BCUT2D eigenvalue weighted by molar-refractivity contribution is -0.134. The highest BCUT2D eigenvalue weighted by Gasteiger charge is 2.22. The van der Waals surface area contributed by atoms with Gasteiger partial charge < -0.3 is 10.6 Å². The van der Waals surface area contributed by atoms with Crippen LogP contribution in [-0.2, 0) is 9.59 Å². The summed E-state index contributed by atoms with van der Waals surface area (Å²) in [5.41, 5.74) is 7.64. The van der Waals surface area contributed by atoms with E-state index in [0.29, 0.717) is 44.4 Å². The zero-order chi connectivity index (χ0) is 23.3. The van der Waals surface area contributed by atoms with Crippen molar-refractivity contribution in [3.05, 3.63) is 60.9 Å². The van der Waals surface area contributed by atoms with E-state index in [-0.39, 0.29) is 18.0 Å². The maximum atomic E-state index is 12.9. The molecule has 0 bridgehead atoms.